The van der Waals surface area contributed by atoms with Gasteiger partial charge < -0.3 is 4.98 Å². The minimum Gasteiger partial charge on any atom is -0.367 e. The van der Waals surface area contributed by atoms with E-state index in [0.29, 0.717) is 0 Å². The first-order valence-electron chi connectivity index (χ1n) is 4.90. The fourth-order valence-corrected chi connectivity index (χ4v) is 1.62. The molecule has 0 aliphatic rings. The van der Waals surface area contributed by atoms with Crippen LogP contribution in [-0.2, 0) is 0 Å². The van der Waals surface area contributed by atoms with Crippen LogP contribution in [0.3, 0.4) is 0 Å². The van der Waals surface area contributed by atoms with Gasteiger partial charge in [-0.15, -0.1) is 0 Å². The van der Waals surface area contributed by atoms with Gasteiger partial charge in [-0.1, -0.05) is 29.8 Å². The number of nitriles is 1. The number of nitrogens with zero attached hydrogens (tertiary/aromatic N) is 1. The summed E-state index contributed by atoms with van der Waals surface area (Å²) in [6, 6.07) is 12.3. The summed E-state index contributed by atoms with van der Waals surface area (Å²) < 4.78 is 0. The van der Waals surface area contributed by atoms with Gasteiger partial charge in [0, 0.05) is 12.4 Å². The molecule has 0 fully saturated rings. The number of hydrogen-bond donors (Lipinski definition) is 1. The van der Waals surface area contributed by atoms with Crippen LogP contribution in [0.5, 0.6) is 0 Å². The van der Waals surface area contributed by atoms with Gasteiger partial charge in [0.15, 0.2) is 0 Å². The standard InChI is InChI=1S/C13H12N2/c1-10-2-4-11(5-3-10)13(8-14)12-6-7-15-9-12/h2-7,9,13,15H,1H3. The number of hydrogen-bond acceptors (Lipinski definition) is 1. The van der Waals surface area contributed by atoms with Gasteiger partial charge in [-0.3, -0.25) is 0 Å². The zero-order valence-corrected chi connectivity index (χ0v) is 8.57. The molecule has 1 unspecified atom stereocenters. The molecule has 0 saturated carbocycles. The Labute approximate surface area is 89.2 Å². The van der Waals surface area contributed by atoms with Crippen LogP contribution in [0.2, 0.25) is 0 Å². The molecule has 2 heteroatoms. The predicted octanol–water partition coefficient (Wildman–Crippen LogP) is 2.98. The molecular formula is C13H12N2. The van der Waals surface area contributed by atoms with Crippen molar-refractivity contribution in [1.82, 2.24) is 4.98 Å². The van der Waals surface area contributed by atoms with Gasteiger partial charge in [0.05, 0.1) is 12.0 Å². The van der Waals surface area contributed by atoms with E-state index in [1.54, 1.807) is 0 Å². The average Bonchev–Trinajstić information content (AvgIpc) is 2.75. The molecule has 0 spiro atoms. The van der Waals surface area contributed by atoms with Crippen LogP contribution in [0.1, 0.15) is 22.6 Å². The lowest BCUT2D eigenvalue weighted by molar-refractivity contribution is 1.04. The van der Waals surface area contributed by atoms with E-state index in [1.807, 2.05) is 49.6 Å². The van der Waals surface area contributed by atoms with E-state index in [-0.39, 0.29) is 5.92 Å². The van der Waals surface area contributed by atoms with Crippen molar-refractivity contribution in [2.45, 2.75) is 12.8 Å². The fraction of sp³-hybridized carbons (Fsp3) is 0.154. The third-order valence-corrected chi connectivity index (χ3v) is 2.50. The molecule has 1 heterocycles. The van der Waals surface area contributed by atoms with E-state index in [2.05, 4.69) is 11.1 Å². The molecule has 0 aliphatic carbocycles. The summed E-state index contributed by atoms with van der Waals surface area (Å²) in [7, 11) is 0. The predicted molar refractivity (Wildman–Crippen MR) is 59.4 cm³/mol. The van der Waals surface area contributed by atoms with Crippen LogP contribution in [0.15, 0.2) is 42.7 Å². The van der Waals surface area contributed by atoms with E-state index < -0.39 is 0 Å². The number of aryl methyl sites for hydroxylation is 1. The average molecular weight is 196 g/mol. The summed E-state index contributed by atoms with van der Waals surface area (Å²) in [5.41, 5.74) is 3.27. The Balaban J connectivity index is 2.37. The maximum Gasteiger partial charge on any atom is 0.0977 e. The van der Waals surface area contributed by atoms with Crippen molar-refractivity contribution < 1.29 is 0 Å². The van der Waals surface area contributed by atoms with Crippen LogP contribution in [0.25, 0.3) is 0 Å². The monoisotopic (exact) mass is 196 g/mol. The van der Waals surface area contributed by atoms with E-state index in [9.17, 15) is 0 Å². The lowest BCUT2D eigenvalue weighted by Crippen LogP contribution is -1.96. The number of nitrogens with one attached hydrogen (secondary N) is 1. The molecule has 2 rings (SSSR count). The van der Waals surface area contributed by atoms with Crippen LogP contribution < -0.4 is 0 Å². The highest BCUT2D eigenvalue weighted by Crippen LogP contribution is 2.23. The smallest absolute Gasteiger partial charge is 0.0977 e. The molecule has 1 atom stereocenters. The Bertz CT molecular complexity index is 460. The Morgan fingerprint density at radius 1 is 1.13 bits per heavy atom. The highest BCUT2D eigenvalue weighted by Gasteiger charge is 2.12. The highest BCUT2D eigenvalue weighted by molar-refractivity contribution is 5.37. The van der Waals surface area contributed by atoms with E-state index >= 15 is 0 Å². The van der Waals surface area contributed by atoms with Gasteiger partial charge in [-0.2, -0.15) is 5.26 Å². The van der Waals surface area contributed by atoms with Gasteiger partial charge in [-0.25, -0.2) is 0 Å². The first-order valence-corrected chi connectivity index (χ1v) is 4.90. The number of H-pyrrole nitrogens is 1. The van der Waals surface area contributed by atoms with Gasteiger partial charge in [0.1, 0.15) is 0 Å². The molecule has 1 aromatic heterocycles. The topological polar surface area (TPSA) is 39.6 Å². The van der Waals surface area contributed by atoms with E-state index in [4.69, 9.17) is 5.26 Å². The molecule has 0 saturated heterocycles. The normalized spacial score (nSPS) is 12.0. The summed E-state index contributed by atoms with van der Waals surface area (Å²) in [4.78, 5) is 2.97. The number of aromatic nitrogens is 1. The molecule has 2 nitrogen and oxygen atoms in total. The largest absolute Gasteiger partial charge is 0.367 e. The quantitative estimate of drug-likeness (QED) is 0.788. The summed E-state index contributed by atoms with van der Waals surface area (Å²) in [6.07, 6.45) is 3.71. The van der Waals surface area contributed by atoms with Gasteiger partial charge in [0.25, 0.3) is 0 Å². The molecular weight excluding hydrogens is 184 g/mol. The third kappa shape index (κ3) is 1.92. The minimum atomic E-state index is -0.170. The first kappa shape index (κ1) is 9.54. The summed E-state index contributed by atoms with van der Waals surface area (Å²) in [5, 5.41) is 9.16. The molecule has 74 valence electrons. The Morgan fingerprint density at radius 2 is 1.87 bits per heavy atom. The molecule has 15 heavy (non-hydrogen) atoms. The number of aromatic amines is 1. The van der Waals surface area contributed by atoms with Crippen molar-refractivity contribution in [2.75, 3.05) is 0 Å². The van der Waals surface area contributed by atoms with Crippen molar-refractivity contribution in [2.24, 2.45) is 0 Å². The third-order valence-electron chi connectivity index (χ3n) is 2.50. The maximum atomic E-state index is 9.16. The number of rotatable bonds is 2. The zero-order valence-electron chi connectivity index (χ0n) is 8.57. The second kappa shape index (κ2) is 4.02. The second-order valence-electron chi connectivity index (χ2n) is 3.62. The van der Waals surface area contributed by atoms with Gasteiger partial charge >= 0.3 is 0 Å². The van der Waals surface area contributed by atoms with Crippen LogP contribution in [-0.4, -0.2) is 4.98 Å². The van der Waals surface area contributed by atoms with Crippen molar-refractivity contribution >= 4 is 0 Å². The van der Waals surface area contributed by atoms with Crippen LogP contribution in [0, 0.1) is 18.3 Å². The van der Waals surface area contributed by atoms with Crippen molar-refractivity contribution in [3.8, 4) is 6.07 Å². The van der Waals surface area contributed by atoms with E-state index in [0.717, 1.165) is 11.1 Å². The molecule has 1 N–H and O–H groups in total. The Morgan fingerprint density at radius 3 is 2.40 bits per heavy atom. The molecule has 2 aromatic rings. The van der Waals surface area contributed by atoms with Crippen molar-refractivity contribution in [1.29, 1.82) is 5.26 Å². The maximum absolute atomic E-state index is 9.16. The van der Waals surface area contributed by atoms with Crippen molar-refractivity contribution in [3.05, 3.63) is 59.4 Å². The Hall–Kier alpha value is -2.01. The lowest BCUT2D eigenvalue weighted by Gasteiger charge is -2.07. The summed E-state index contributed by atoms with van der Waals surface area (Å²) in [6.45, 7) is 2.04. The molecule has 0 bridgehead atoms. The SMILES string of the molecule is Cc1ccc(C(C#N)c2cc[nH]c2)cc1. The Kier molecular flexibility index (Phi) is 2.55. The lowest BCUT2D eigenvalue weighted by atomic mass is 9.94. The van der Waals surface area contributed by atoms with Crippen molar-refractivity contribution in [3.63, 3.8) is 0 Å². The fourth-order valence-electron chi connectivity index (χ4n) is 1.62. The summed E-state index contributed by atoms with van der Waals surface area (Å²) >= 11 is 0. The molecule has 0 amide bonds. The van der Waals surface area contributed by atoms with Gasteiger partial charge in [0.2, 0.25) is 0 Å². The van der Waals surface area contributed by atoms with Gasteiger partial charge in [-0.05, 0) is 24.1 Å². The van der Waals surface area contributed by atoms with Crippen LogP contribution in [0.4, 0.5) is 0 Å². The first-order chi connectivity index (χ1) is 7.31. The molecule has 0 radical (unpaired) electrons. The van der Waals surface area contributed by atoms with E-state index in [1.165, 1.54) is 5.56 Å². The zero-order chi connectivity index (χ0) is 10.7. The minimum absolute atomic E-state index is 0.170. The number of benzene rings is 1. The summed E-state index contributed by atoms with van der Waals surface area (Å²) in [5.74, 6) is -0.170. The highest BCUT2D eigenvalue weighted by atomic mass is 14.6. The second-order valence-corrected chi connectivity index (χ2v) is 3.62. The molecule has 0 aliphatic heterocycles. The van der Waals surface area contributed by atoms with Crippen LogP contribution >= 0.6 is 0 Å². The molecule has 1 aromatic carbocycles.